The van der Waals surface area contributed by atoms with E-state index in [1.165, 1.54) is 0 Å². The van der Waals surface area contributed by atoms with Crippen LogP contribution >= 0.6 is 0 Å². The number of nitrogens with two attached hydrogens (primary N) is 1. The lowest BCUT2D eigenvalue weighted by Gasteiger charge is -2.06. The number of hydrogen-bond donors (Lipinski definition) is 1. The zero-order valence-corrected chi connectivity index (χ0v) is 12.8. The molecular weight excluding hydrogens is 302 g/mol. The van der Waals surface area contributed by atoms with Gasteiger partial charge in [0.25, 0.3) is 0 Å². The number of benzene rings is 2. The number of ether oxygens (including phenoxy) is 1. The molecule has 0 amide bonds. The van der Waals surface area contributed by atoms with Crippen molar-refractivity contribution in [3.63, 3.8) is 0 Å². The molecule has 0 aliphatic carbocycles. The van der Waals surface area contributed by atoms with Crippen LogP contribution in [0.3, 0.4) is 0 Å². The first kappa shape index (κ1) is 16.0. The standard InChI is InChI=1S/C16H17NO4S/c17-15-8-6-14(7-9-15)11-22(19,20)12-16(18)21-10-13-4-2-1-3-5-13/h1-9H,10-12,17H2. The van der Waals surface area contributed by atoms with Gasteiger partial charge in [0.15, 0.2) is 9.84 Å². The molecule has 0 saturated carbocycles. The first-order chi connectivity index (χ1) is 10.4. The minimum absolute atomic E-state index is 0.0665. The molecule has 0 atom stereocenters. The quantitative estimate of drug-likeness (QED) is 0.649. The maximum atomic E-state index is 12.0. The fraction of sp³-hybridized carbons (Fsp3) is 0.188. The summed E-state index contributed by atoms with van der Waals surface area (Å²) in [4.78, 5) is 11.7. The van der Waals surface area contributed by atoms with Gasteiger partial charge >= 0.3 is 5.97 Å². The molecule has 0 heterocycles. The zero-order chi connectivity index (χ0) is 16.0. The molecule has 2 aromatic rings. The van der Waals surface area contributed by atoms with Crippen LogP contribution < -0.4 is 5.73 Å². The Labute approximate surface area is 129 Å². The predicted octanol–water partition coefficient (Wildman–Crippen LogP) is 1.93. The van der Waals surface area contributed by atoms with Crippen LogP contribution in [0.25, 0.3) is 0 Å². The van der Waals surface area contributed by atoms with E-state index < -0.39 is 21.6 Å². The molecule has 0 spiro atoms. The average Bonchev–Trinajstić information content (AvgIpc) is 2.48. The van der Waals surface area contributed by atoms with Gasteiger partial charge in [-0.15, -0.1) is 0 Å². The van der Waals surface area contributed by atoms with Crippen LogP contribution in [0.5, 0.6) is 0 Å². The smallest absolute Gasteiger partial charge is 0.321 e. The number of nitrogen functional groups attached to an aromatic ring is 1. The van der Waals surface area contributed by atoms with Gasteiger partial charge in [-0.2, -0.15) is 0 Å². The summed E-state index contributed by atoms with van der Waals surface area (Å²) in [5.74, 6) is -1.60. The molecule has 2 aromatic carbocycles. The highest BCUT2D eigenvalue weighted by Gasteiger charge is 2.18. The Hall–Kier alpha value is -2.34. The Morgan fingerprint density at radius 1 is 0.955 bits per heavy atom. The van der Waals surface area contributed by atoms with E-state index in [9.17, 15) is 13.2 Å². The van der Waals surface area contributed by atoms with E-state index in [1.807, 2.05) is 18.2 Å². The third-order valence-electron chi connectivity index (χ3n) is 2.95. The molecule has 0 fully saturated rings. The summed E-state index contributed by atoms with van der Waals surface area (Å²) >= 11 is 0. The number of hydrogen-bond acceptors (Lipinski definition) is 5. The van der Waals surface area contributed by atoms with Crippen molar-refractivity contribution >= 4 is 21.5 Å². The maximum Gasteiger partial charge on any atom is 0.321 e. The number of rotatable bonds is 6. The van der Waals surface area contributed by atoms with Crippen molar-refractivity contribution in [2.75, 3.05) is 11.5 Å². The molecule has 0 aliphatic heterocycles. The molecule has 0 unspecified atom stereocenters. The molecule has 6 heteroatoms. The Morgan fingerprint density at radius 2 is 1.59 bits per heavy atom. The summed E-state index contributed by atoms with van der Waals surface area (Å²) in [6.07, 6.45) is 0. The van der Waals surface area contributed by atoms with Gasteiger partial charge in [-0.25, -0.2) is 8.42 Å². The normalized spacial score (nSPS) is 11.1. The van der Waals surface area contributed by atoms with Crippen molar-refractivity contribution in [1.82, 2.24) is 0 Å². The highest BCUT2D eigenvalue weighted by atomic mass is 32.2. The van der Waals surface area contributed by atoms with E-state index >= 15 is 0 Å². The van der Waals surface area contributed by atoms with E-state index in [0.29, 0.717) is 11.3 Å². The summed E-state index contributed by atoms with van der Waals surface area (Å²) in [7, 11) is -3.57. The monoisotopic (exact) mass is 319 g/mol. The Bertz CT molecular complexity index is 725. The Morgan fingerprint density at radius 3 is 2.23 bits per heavy atom. The van der Waals surface area contributed by atoms with Gasteiger partial charge in [0.05, 0.1) is 5.75 Å². The molecule has 5 nitrogen and oxygen atoms in total. The van der Waals surface area contributed by atoms with Crippen molar-refractivity contribution in [3.05, 3.63) is 65.7 Å². The third kappa shape index (κ3) is 5.21. The van der Waals surface area contributed by atoms with Crippen LogP contribution in [0.2, 0.25) is 0 Å². The first-order valence-corrected chi connectivity index (χ1v) is 8.51. The summed E-state index contributed by atoms with van der Waals surface area (Å²) in [6, 6.07) is 15.6. The van der Waals surface area contributed by atoms with Gasteiger partial charge in [-0.05, 0) is 23.3 Å². The van der Waals surface area contributed by atoms with E-state index in [-0.39, 0.29) is 12.4 Å². The molecule has 116 valence electrons. The molecule has 2 rings (SSSR count). The Balaban J connectivity index is 1.88. The summed E-state index contributed by atoms with van der Waals surface area (Å²) in [6.45, 7) is 0.0665. The second-order valence-corrected chi connectivity index (χ2v) is 6.98. The molecule has 0 aliphatic rings. The van der Waals surface area contributed by atoms with Crippen LogP contribution in [0.4, 0.5) is 5.69 Å². The van der Waals surface area contributed by atoms with Crippen LogP contribution in [0.15, 0.2) is 54.6 Å². The van der Waals surface area contributed by atoms with Crippen molar-refractivity contribution in [3.8, 4) is 0 Å². The summed E-state index contributed by atoms with van der Waals surface area (Å²) < 4.78 is 28.9. The molecule has 0 bridgehead atoms. The lowest BCUT2D eigenvalue weighted by Crippen LogP contribution is -2.20. The van der Waals surface area contributed by atoms with E-state index in [1.54, 1.807) is 36.4 Å². The van der Waals surface area contributed by atoms with Crippen molar-refractivity contribution in [2.24, 2.45) is 0 Å². The average molecular weight is 319 g/mol. The van der Waals surface area contributed by atoms with Crippen LogP contribution in [0, 0.1) is 0 Å². The number of esters is 1. The van der Waals surface area contributed by atoms with Gasteiger partial charge in [-0.3, -0.25) is 4.79 Å². The largest absolute Gasteiger partial charge is 0.460 e. The number of anilines is 1. The predicted molar refractivity (Wildman–Crippen MR) is 84.6 cm³/mol. The van der Waals surface area contributed by atoms with E-state index in [0.717, 1.165) is 5.56 Å². The first-order valence-electron chi connectivity index (χ1n) is 6.69. The van der Waals surface area contributed by atoms with E-state index in [2.05, 4.69) is 0 Å². The SMILES string of the molecule is Nc1ccc(CS(=O)(=O)CC(=O)OCc2ccccc2)cc1. The van der Waals surface area contributed by atoms with Crippen LogP contribution in [0.1, 0.15) is 11.1 Å². The van der Waals surface area contributed by atoms with Crippen molar-refractivity contribution in [1.29, 1.82) is 0 Å². The molecule has 22 heavy (non-hydrogen) atoms. The van der Waals surface area contributed by atoms with Crippen molar-refractivity contribution < 1.29 is 17.9 Å². The van der Waals surface area contributed by atoms with Crippen LogP contribution in [-0.2, 0) is 31.7 Å². The lowest BCUT2D eigenvalue weighted by molar-refractivity contribution is -0.141. The minimum atomic E-state index is -3.57. The topological polar surface area (TPSA) is 86.5 Å². The third-order valence-corrected chi connectivity index (χ3v) is 4.40. The molecular formula is C16H17NO4S. The Kier molecular flexibility index (Phi) is 5.16. The molecule has 0 radical (unpaired) electrons. The van der Waals surface area contributed by atoms with Gasteiger partial charge < -0.3 is 10.5 Å². The highest BCUT2D eigenvalue weighted by molar-refractivity contribution is 7.91. The number of sulfone groups is 1. The van der Waals surface area contributed by atoms with Gasteiger partial charge in [0.1, 0.15) is 12.4 Å². The minimum Gasteiger partial charge on any atom is -0.460 e. The second kappa shape index (κ2) is 7.09. The number of carbonyl (C=O) groups excluding carboxylic acids is 1. The van der Waals surface area contributed by atoms with Gasteiger partial charge in [0, 0.05) is 5.69 Å². The van der Waals surface area contributed by atoms with Gasteiger partial charge in [0.2, 0.25) is 0 Å². The van der Waals surface area contributed by atoms with E-state index in [4.69, 9.17) is 10.5 Å². The summed E-state index contributed by atoms with van der Waals surface area (Å²) in [5, 5.41) is 0. The maximum absolute atomic E-state index is 12.0. The summed E-state index contributed by atoms with van der Waals surface area (Å²) in [5.41, 5.74) is 7.50. The lowest BCUT2D eigenvalue weighted by atomic mass is 10.2. The van der Waals surface area contributed by atoms with Crippen molar-refractivity contribution in [2.45, 2.75) is 12.4 Å². The molecule has 0 saturated heterocycles. The highest BCUT2D eigenvalue weighted by Crippen LogP contribution is 2.10. The van der Waals surface area contributed by atoms with Gasteiger partial charge in [-0.1, -0.05) is 42.5 Å². The zero-order valence-electron chi connectivity index (χ0n) is 11.9. The number of carbonyl (C=O) groups is 1. The second-order valence-electron chi connectivity index (χ2n) is 4.92. The molecule has 2 N–H and O–H groups in total. The van der Waals surface area contributed by atoms with Crippen LogP contribution in [-0.4, -0.2) is 20.1 Å². The fourth-order valence-electron chi connectivity index (χ4n) is 1.88. The molecule has 0 aromatic heterocycles. The fourth-order valence-corrected chi connectivity index (χ4v) is 3.12.